The zero-order chi connectivity index (χ0) is 19.2. The van der Waals surface area contributed by atoms with E-state index in [1.165, 1.54) is 4.90 Å². The number of aliphatic hydroxyl groups excluding tert-OH is 1. The molecule has 2 amide bonds. The van der Waals surface area contributed by atoms with Crippen molar-refractivity contribution in [2.75, 3.05) is 18.1 Å². The molecule has 27 heavy (non-hydrogen) atoms. The Morgan fingerprint density at radius 2 is 1.85 bits per heavy atom. The third-order valence-electron chi connectivity index (χ3n) is 4.58. The van der Waals surface area contributed by atoms with Gasteiger partial charge in [-0.25, -0.2) is 4.90 Å². The van der Waals surface area contributed by atoms with Crippen molar-refractivity contribution in [3.63, 3.8) is 0 Å². The Morgan fingerprint density at radius 3 is 2.52 bits per heavy atom. The standard InChI is InChI=1S/C21H24N2O4/c1-2-12-27-17-10-8-16(9-11-17)23-20(25)13-18(21(23)26)22-14-19(24)15-6-4-3-5-7-15/h3-11,18-19,22,24H,2,12-14H2,1H3/p+1/t18-,19-/m1/s1. The fourth-order valence-corrected chi connectivity index (χ4v) is 3.13. The van der Waals surface area contributed by atoms with Crippen molar-refractivity contribution < 1.29 is 24.7 Å². The van der Waals surface area contributed by atoms with Gasteiger partial charge in [-0.05, 0) is 36.2 Å². The maximum atomic E-state index is 12.7. The van der Waals surface area contributed by atoms with E-state index in [0.29, 0.717) is 24.6 Å². The molecule has 0 spiro atoms. The van der Waals surface area contributed by atoms with E-state index in [2.05, 4.69) is 0 Å². The van der Waals surface area contributed by atoms with Crippen LogP contribution in [0.25, 0.3) is 0 Å². The van der Waals surface area contributed by atoms with Crippen LogP contribution in [-0.4, -0.2) is 36.1 Å². The van der Waals surface area contributed by atoms with Crippen LogP contribution in [0.4, 0.5) is 5.69 Å². The first-order valence-electron chi connectivity index (χ1n) is 9.26. The number of carbonyl (C=O) groups is 2. The number of nitrogens with zero attached hydrogens (tertiary/aromatic N) is 1. The second kappa shape index (κ2) is 8.79. The molecule has 1 heterocycles. The monoisotopic (exact) mass is 369 g/mol. The predicted molar refractivity (Wildman–Crippen MR) is 101 cm³/mol. The number of anilines is 1. The maximum Gasteiger partial charge on any atom is 0.292 e. The van der Waals surface area contributed by atoms with Crippen LogP contribution in [0.5, 0.6) is 5.75 Å². The summed E-state index contributed by atoms with van der Waals surface area (Å²) in [6.07, 6.45) is 0.365. The molecule has 6 heteroatoms. The topological polar surface area (TPSA) is 83.4 Å². The zero-order valence-corrected chi connectivity index (χ0v) is 15.4. The van der Waals surface area contributed by atoms with Crippen molar-refractivity contribution in [3.05, 3.63) is 60.2 Å². The molecular weight excluding hydrogens is 344 g/mol. The van der Waals surface area contributed by atoms with Crippen molar-refractivity contribution >= 4 is 17.5 Å². The average molecular weight is 369 g/mol. The second-order valence-electron chi connectivity index (χ2n) is 6.62. The van der Waals surface area contributed by atoms with Crippen LogP contribution < -0.4 is 15.0 Å². The lowest BCUT2D eigenvalue weighted by molar-refractivity contribution is -0.681. The van der Waals surface area contributed by atoms with Gasteiger partial charge in [0.1, 0.15) is 18.4 Å². The number of ether oxygens (including phenoxy) is 1. The summed E-state index contributed by atoms with van der Waals surface area (Å²) in [6.45, 7) is 2.98. The minimum atomic E-state index is -0.682. The molecule has 1 aliphatic heterocycles. The first-order chi connectivity index (χ1) is 13.1. The first-order valence-corrected chi connectivity index (χ1v) is 9.26. The number of nitrogens with two attached hydrogens (primary N) is 1. The van der Waals surface area contributed by atoms with Crippen LogP contribution in [0.1, 0.15) is 31.4 Å². The normalized spacial score (nSPS) is 18.0. The lowest BCUT2D eigenvalue weighted by Gasteiger charge is -2.16. The molecule has 2 aromatic rings. The number of imide groups is 1. The Bertz CT molecular complexity index is 777. The minimum Gasteiger partial charge on any atom is -0.494 e. The summed E-state index contributed by atoms with van der Waals surface area (Å²) in [5, 5.41) is 12.0. The molecule has 0 aliphatic carbocycles. The molecule has 0 bridgehead atoms. The second-order valence-corrected chi connectivity index (χ2v) is 6.62. The van der Waals surface area contributed by atoms with Crippen LogP contribution in [0, 0.1) is 0 Å². The smallest absolute Gasteiger partial charge is 0.292 e. The van der Waals surface area contributed by atoms with Gasteiger partial charge < -0.3 is 15.2 Å². The van der Waals surface area contributed by atoms with Crippen LogP contribution in [0.3, 0.4) is 0 Å². The highest BCUT2D eigenvalue weighted by Gasteiger charge is 2.42. The number of quaternary nitrogens is 1. The minimum absolute atomic E-state index is 0.133. The SMILES string of the molecule is CCCOc1ccc(N2C(=O)C[C@@H]([NH2+]C[C@@H](O)c3ccccc3)C2=O)cc1. The van der Waals surface area contributed by atoms with E-state index in [1.807, 2.05) is 37.3 Å². The quantitative estimate of drug-likeness (QED) is 0.689. The summed E-state index contributed by atoms with van der Waals surface area (Å²) in [4.78, 5) is 26.3. The van der Waals surface area contributed by atoms with Crippen molar-refractivity contribution in [3.8, 4) is 5.75 Å². The van der Waals surface area contributed by atoms with Crippen LogP contribution >= 0.6 is 0 Å². The van der Waals surface area contributed by atoms with E-state index in [1.54, 1.807) is 29.6 Å². The predicted octanol–water partition coefficient (Wildman–Crippen LogP) is 1.40. The molecule has 1 fully saturated rings. The molecule has 2 atom stereocenters. The molecule has 142 valence electrons. The van der Waals surface area contributed by atoms with Gasteiger partial charge in [-0.2, -0.15) is 0 Å². The largest absolute Gasteiger partial charge is 0.494 e. The molecule has 2 aromatic carbocycles. The van der Waals surface area contributed by atoms with Gasteiger partial charge in [0.2, 0.25) is 5.91 Å². The number of rotatable bonds is 8. The Labute approximate surface area is 158 Å². The molecule has 1 aliphatic rings. The van der Waals surface area contributed by atoms with Gasteiger partial charge in [-0.15, -0.1) is 0 Å². The number of carbonyl (C=O) groups excluding carboxylic acids is 2. The number of hydrogen-bond donors (Lipinski definition) is 2. The fraction of sp³-hybridized carbons (Fsp3) is 0.333. The number of hydrogen-bond acceptors (Lipinski definition) is 4. The third-order valence-corrected chi connectivity index (χ3v) is 4.58. The molecule has 0 radical (unpaired) electrons. The number of aliphatic hydroxyl groups is 1. The van der Waals surface area contributed by atoms with Gasteiger partial charge in [0, 0.05) is 0 Å². The summed E-state index contributed by atoms with van der Waals surface area (Å²) in [7, 11) is 0. The third kappa shape index (κ3) is 4.53. The van der Waals surface area contributed by atoms with Crippen molar-refractivity contribution in [2.45, 2.75) is 31.9 Å². The average Bonchev–Trinajstić information content (AvgIpc) is 2.99. The van der Waals surface area contributed by atoms with Crippen LogP contribution in [0.15, 0.2) is 54.6 Å². The highest BCUT2D eigenvalue weighted by Crippen LogP contribution is 2.24. The van der Waals surface area contributed by atoms with Gasteiger partial charge in [-0.1, -0.05) is 37.3 Å². The lowest BCUT2D eigenvalue weighted by Crippen LogP contribution is -2.92. The Kier molecular flexibility index (Phi) is 6.21. The fourth-order valence-electron chi connectivity index (χ4n) is 3.13. The molecular formula is C21H25N2O4+. The van der Waals surface area contributed by atoms with Crippen molar-refractivity contribution in [2.24, 2.45) is 0 Å². The van der Waals surface area contributed by atoms with Gasteiger partial charge in [0.25, 0.3) is 5.91 Å². The maximum absolute atomic E-state index is 12.7. The summed E-state index contributed by atoms with van der Waals surface area (Å²) in [6, 6.07) is 15.8. The Balaban J connectivity index is 1.61. The first kappa shape index (κ1) is 19.1. The Morgan fingerprint density at radius 1 is 1.15 bits per heavy atom. The van der Waals surface area contributed by atoms with Gasteiger partial charge >= 0.3 is 0 Å². The highest BCUT2D eigenvalue weighted by atomic mass is 16.5. The van der Waals surface area contributed by atoms with Crippen molar-refractivity contribution in [1.82, 2.24) is 0 Å². The Hall–Kier alpha value is -2.70. The van der Waals surface area contributed by atoms with Crippen LogP contribution in [0.2, 0.25) is 0 Å². The van der Waals surface area contributed by atoms with E-state index < -0.39 is 12.1 Å². The van der Waals surface area contributed by atoms with E-state index in [-0.39, 0.29) is 18.2 Å². The number of amides is 2. The molecule has 0 saturated carbocycles. The van der Waals surface area contributed by atoms with Crippen LogP contribution in [-0.2, 0) is 9.59 Å². The lowest BCUT2D eigenvalue weighted by atomic mass is 10.1. The van der Waals surface area contributed by atoms with Crippen molar-refractivity contribution in [1.29, 1.82) is 0 Å². The van der Waals surface area contributed by atoms with Gasteiger partial charge in [0.05, 0.1) is 18.7 Å². The van der Waals surface area contributed by atoms with Gasteiger partial charge in [0.15, 0.2) is 6.04 Å². The van der Waals surface area contributed by atoms with E-state index in [4.69, 9.17) is 4.74 Å². The molecule has 3 N–H and O–H groups in total. The summed E-state index contributed by atoms with van der Waals surface area (Å²) < 4.78 is 5.53. The molecule has 0 unspecified atom stereocenters. The highest BCUT2D eigenvalue weighted by molar-refractivity contribution is 6.21. The molecule has 3 rings (SSSR count). The molecule has 1 saturated heterocycles. The van der Waals surface area contributed by atoms with E-state index in [9.17, 15) is 14.7 Å². The molecule has 0 aromatic heterocycles. The zero-order valence-electron chi connectivity index (χ0n) is 15.4. The van der Waals surface area contributed by atoms with Gasteiger partial charge in [-0.3, -0.25) is 9.59 Å². The number of benzene rings is 2. The summed E-state index contributed by atoms with van der Waals surface area (Å²) in [5.41, 5.74) is 1.35. The van der Waals surface area contributed by atoms with E-state index >= 15 is 0 Å². The summed E-state index contributed by atoms with van der Waals surface area (Å²) >= 11 is 0. The summed E-state index contributed by atoms with van der Waals surface area (Å²) in [5.74, 6) is 0.244. The molecule has 6 nitrogen and oxygen atoms in total. The van der Waals surface area contributed by atoms with E-state index in [0.717, 1.165) is 12.0 Å².